The van der Waals surface area contributed by atoms with Crippen LogP contribution in [0.25, 0.3) is 0 Å². The Morgan fingerprint density at radius 2 is 0.742 bits per heavy atom. The standard InChI is InChI=1S/C30H46O/c1-19-15-21(27(3,4)5)17-23(29(9,10)11)25(19)31-26-20(2)16-22(28(6,7)8)18-24(26)30(12,13)14/h15-18H,1-14H3. The van der Waals surface area contributed by atoms with E-state index in [1.165, 1.54) is 33.4 Å². The first-order valence-corrected chi connectivity index (χ1v) is 11.7. The second-order valence-electron chi connectivity index (χ2n) is 13.4. The van der Waals surface area contributed by atoms with E-state index in [0.29, 0.717) is 0 Å². The molecule has 0 aliphatic rings. The molecule has 0 bridgehead atoms. The van der Waals surface area contributed by atoms with Gasteiger partial charge in [0.15, 0.2) is 0 Å². The highest BCUT2D eigenvalue weighted by molar-refractivity contribution is 5.55. The molecular formula is C30H46O. The maximum absolute atomic E-state index is 6.89. The Kier molecular flexibility index (Phi) is 6.57. The van der Waals surface area contributed by atoms with Gasteiger partial charge in [-0.15, -0.1) is 0 Å². The summed E-state index contributed by atoms with van der Waals surface area (Å²) in [7, 11) is 0. The van der Waals surface area contributed by atoms with Crippen LogP contribution in [0.15, 0.2) is 24.3 Å². The summed E-state index contributed by atoms with van der Waals surface area (Å²) in [6, 6.07) is 9.33. The molecule has 0 fully saturated rings. The van der Waals surface area contributed by atoms with Crippen molar-refractivity contribution in [1.82, 2.24) is 0 Å². The van der Waals surface area contributed by atoms with E-state index in [1.54, 1.807) is 0 Å². The van der Waals surface area contributed by atoms with E-state index in [2.05, 4.69) is 121 Å². The van der Waals surface area contributed by atoms with Gasteiger partial charge in [0.05, 0.1) is 0 Å². The molecule has 2 rings (SSSR count). The lowest BCUT2D eigenvalue weighted by Gasteiger charge is -2.32. The number of hydrogen-bond acceptors (Lipinski definition) is 1. The predicted octanol–water partition coefficient (Wildman–Crippen LogP) is 9.29. The van der Waals surface area contributed by atoms with Crippen LogP contribution in [-0.2, 0) is 21.7 Å². The minimum absolute atomic E-state index is 0.0114. The Balaban J connectivity index is 2.79. The first-order chi connectivity index (χ1) is 13.7. The molecule has 0 saturated carbocycles. The molecule has 0 saturated heterocycles. The van der Waals surface area contributed by atoms with Crippen LogP contribution in [0.3, 0.4) is 0 Å². The molecule has 0 amide bonds. The fourth-order valence-corrected chi connectivity index (χ4v) is 3.90. The zero-order valence-electron chi connectivity index (χ0n) is 22.7. The molecule has 0 aliphatic carbocycles. The Hall–Kier alpha value is -1.76. The molecule has 0 aromatic heterocycles. The fourth-order valence-electron chi connectivity index (χ4n) is 3.90. The molecule has 0 radical (unpaired) electrons. The summed E-state index contributed by atoms with van der Waals surface area (Å²) in [5.74, 6) is 2.02. The summed E-state index contributed by atoms with van der Waals surface area (Å²) < 4.78 is 6.89. The van der Waals surface area contributed by atoms with Gasteiger partial charge in [-0.3, -0.25) is 0 Å². The fraction of sp³-hybridized carbons (Fsp3) is 0.600. The molecule has 0 aliphatic heterocycles. The van der Waals surface area contributed by atoms with Crippen molar-refractivity contribution in [2.24, 2.45) is 0 Å². The largest absolute Gasteiger partial charge is 0.456 e. The number of aryl methyl sites for hydroxylation is 2. The van der Waals surface area contributed by atoms with E-state index in [9.17, 15) is 0 Å². The van der Waals surface area contributed by atoms with Crippen molar-refractivity contribution < 1.29 is 4.74 Å². The van der Waals surface area contributed by atoms with E-state index >= 15 is 0 Å². The zero-order chi connectivity index (χ0) is 24.2. The summed E-state index contributed by atoms with van der Waals surface area (Å²) in [6.07, 6.45) is 0. The van der Waals surface area contributed by atoms with Crippen LogP contribution in [0.4, 0.5) is 0 Å². The van der Waals surface area contributed by atoms with Gasteiger partial charge >= 0.3 is 0 Å². The molecule has 2 aromatic carbocycles. The summed E-state index contributed by atoms with van der Waals surface area (Å²) >= 11 is 0. The van der Waals surface area contributed by atoms with Crippen LogP contribution >= 0.6 is 0 Å². The second kappa shape index (κ2) is 7.98. The lowest BCUT2D eigenvalue weighted by molar-refractivity contribution is 0.427. The zero-order valence-corrected chi connectivity index (χ0v) is 22.7. The van der Waals surface area contributed by atoms with Gasteiger partial charge < -0.3 is 4.74 Å². The number of rotatable bonds is 2. The van der Waals surface area contributed by atoms with Crippen molar-refractivity contribution in [2.45, 2.75) is 119 Å². The lowest BCUT2D eigenvalue weighted by atomic mass is 9.78. The van der Waals surface area contributed by atoms with E-state index in [-0.39, 0.29) is 21.7 Å². The second-order valence-corrected chi connectivity index (χ2v) is 13.4. The topological polar surface area (TPSA) is 9.23 Å². The van der Waals surface area contributed by atoms with Gasteiger partial charge in [0.1, 0.15) is 11.5 Å². The van der Waals surface area contributed by atoms with Crippen molar-refractivity contribution in [3.8, 4) is 11.5 Å². The molecule has 0 unspecified atom stereocenters. The van der Waals surface area contributed by atoms with Crippen molar-refractivity contribution >= 4 is 0 Å². The number of ether oxygens (including phenoxy) is 1. The number of hydrogen-bond donors (Lipinski definition) is 0. The third-order valence-electron chi connectivity index (χ3n) is 6.10. The van der Waals surface area contributed by atoms with E-state index in [0.717, 1.165) is 11.5 Å². The van der Waals surface area contributed by atoms with Gasteiger partial charge in [0, 0.05) is 11.1 Å². The smallest absolute Gasteiger partial charge is 0.134 e. The molecule has 0 N–H and O–H groups in total. The third-order valence-corrected chi connectivity index (χ3v) is 6.10. The van der Waals surface area contributed by atoms with Crippen LogP contribution in [0.1, 0.15) is 116 Å². The van der Waals surface area contributed by atoms with Crippen LogP contribution in [-0.4, -0.2) is 0 Å². The van der Waals surface area contributed by atoms with Gasteiger partial charge in [-0.1, -0.05) is 107 Å². The molecular weight excluding hydrogens is 376 g/mol. The average molecular weight is 423 g/mol. The monoisotopic (exact) mass is 422 g/mol. The Morgan fingerprint density at radius 1 is 0.452 bits per heavy atom. The molecule has 2 aromatic rings. The van der Waals surface area contributed by atoms with Gasteiger partial charge in [-0.2, -0.15) is 0 Å². The highest BCUT2D eigenvalue weighted by atomic mass is 16.5. The van der Waals surface area contributed by atoms with Gasteiger partial charge in [-0.05, 0) is 57.8 Å². The summed E-state index contributed by atoms with van der Waals surface area (Å²) in [6.45, 7) is 31.7. The van der Waals surface area contributed by atoms with Gasteiger partial charge in [0.2, 0.25) is 0 Å². The average Bonchev–Trinajstić information content (AvgIpc) is 2.53. The van der Waals surface area contributed by atoms with Crippen molar-refractivity contribution in [3.05, 3.63) is 57.6 Å². The van der Waals surface area contributed by atoms with Crippen LogP contribution < -0.4 is 4.74 Å². The van der Waals surface area contributed by atoms with Crippen LogP contribution in [0, 0.1) is 13.8 Å². The number of benzene rings is 2. The van der Waals surface area contributed by atoms with Gasteiger partial charge in [0.25, 0.3) is 0 Å². The molecule has 172 valence electrons. The normalized spacial score (nSPS) is 13.5. The predicted molar refractivity (Wildman–Crippen MR) is 137 cm³/mol. The minimum atomic E-state index is -0.0114. The van der Waals surface area contributed by atoms with E-state index in [4.69, 9.17) is 4.74 Å². The Bertz CT molecular complexity index is 869. The highest BCUT2D eigenvalue weighted by Crippen LogP contribution is 2.44. The van der Waals surface area contributed by atoms with Gasteiger partial charge in [-0.25, -0.2) is 0 Å². The first kappa shape index (κ1) is 25.5. The maximum Gasteiger partial charge on any atom is 0.134 e. The molecule has 31 heavy (non-hydrogen) atoms. The van der Waals surface area contributed by atoms with E-state index < -0.39 is 0 Å². The first-order valence-electron chi connectivity index (χ1n) is 11.7. The quantitative estimate of drug-likeness (QED) is 0.468. The van der Waals surface area contributed by atoms with Crippen molar-refractivity contribution in [2.75, 3.05) is 0 Å². The van der Waals surface area contributed by atoms with Crippen LogP contribution in [0.5, 0.6) is 11.5 Å². The molecule has 0 heterocycles. The summed E-state index contributed by atoms with van der Waals surface area (Å²) in [5, 5.41) is 0. The molecule has 1 heteroatoms. The SMILES string of the molecule is Cc1cc(C(C)(C)C)cc(C(C)(C)C)c1Oc1c(C)cc(C(C)(C)C)cc1C(C)(C)C. The highest BCUT2D eigenvalue weighted by Gasteiger charge is 2.29. The summed E-state index contributed by atoms with van der Waals surface area (Å²) in [5.41, 5.74) is 7.86. The minimum Gasteiger partial charge on any atom is -0.456 e. The lowest BCUT2D eigenvalue weighted by Crippen LogP contribution is -2.20. The van der Waals surface area contributed by atoms with Crippen molar-refractivity contribution in [1.29, 1.82) is 0 Å². The molecule has 1 nitrogen and oxygen atoms in total. The summed E-state index contributed by atoms with van der Waals surface area (Å²) in [4.78, 5) is 0. The van der Waals surface area contributed by atoms with Crippen LogP contribution in [0.2, 0.25) is 0 Å². The van der Waals surface area contributed by atoms with Crippen molar-refractivity contribution in [3.63, 3.8) is 0 Å². The third kappa shape index (κ3) is 5.73. The van der Waals surface area contributed by atoms with E-state index in [1.807, 2.05) is 0 Å². The Labute approximate surface area is 192 Å². The molecule has 0 atom stereocenters. The Morgan fingerprint density at radius 3 is 0.968 bits per heavy atom. The maximum atomic E-state index is 6.89. The molecule has 0 spiro atoms.